The third-order valence-electron chi connectivity index (χ3n) is 5.72. The van der Waals surface area contributed by atoms with Gasteiger partial charge in [-0.15, -0.1) is 0 Å². The van der Waals surface area contributed by atoms with E-state index in [2.05, 4.69) is 21.9 Å². The first-order chi connectivity index (χ1) is 13.0. The zero-order valence-electron chi connectivity index (χ0n) is 15.5. The summed E-state index contributed by atoms with van der Waals surface area (Å²) in [6, 6.07) is 2.22. The first-order valence-corrected chi connectivity index (χ1v) is 10.1. The lowest BCUT2D eigenvalue weighted by Crippen LogP contribution is -2.47. The lowest BCUT2D eigenvalue weighted by Gasteiger charge is -2.38. The number of nitrogens with zero attached hydrogens (tertiary/aromatic N) is 4. The van der Waals surface area contributed by atoms with Crippen LogP contribution in [0.3, 0.4) is 0 Å². The summed E-state index contributed by atoms with van der Waals surface area (Å²) in [6.45, 7) is 3.53. The van der Waals surface area contributed by atoms with Gasteiger partial charge >= 0.3 is 0 Å². The van der Waals surface area contributed by atoms with Gasteiger partial charge in [0.2, 0.25) is 5.91 Å². The third-order valence-corrected chi connectivity index (χ3v) is 6.50. The summed E-state index contributed by atoms with van der Waals surface area (Å²) in [5, 5.41) is 1.11. The smallest absolute Gasteiger partial charge is 0.222 e. The molecule has 0 N–H and O–H groups in total. The number of hydrogen-bond donors (Lipinski definition) is 0. The molecule has 1 aromatic heterocycles. The number of likely N-dealkylation sites (tertiary alicyclic amines) is 1. The molecule has 4 rings (SSSR count). The molecular weight excluding hydrogens is 383 g/mol. The fourth-order valence-electron chi connectivity index (χ4n) is 4.48. The quantitative estimate of drug-likeness (QED) is 0.760. The summed E-state index contributed by atoms with van der Waals surface area (Å²) in [5.74, 6) is 0.432. The fourth-order valence-corrected chi connectivity index (χ4v) is 4.96. The van der Waals surface area contributed by atoms with Gasteiger partial charge in [-0.05, 0) is 30.0 Å². The third kappa shape index (κ3) is 3.07. The molecule has 2 atom stereocenters. The number of anilines is 1. The number of hydrogen-bond acceptors (Lipinski definition) is 4. The van der Waals surface area contributed by atoms with Crippen LogP contribution in [-0.4, -0.2) is 47.0 Å². The number of amides is 1. The molecule has 1 amide bonds. The van der Waals surface area contributed by atoms with E-state index in [1.165, 1.54) is 6.33 Å². The van der Waals surface area contributed by atoms with Crippen LogP contribution < -0.4 is 4.90 Å². The van der Waals surface area contributed by atoms with E-state index in [-0.39, 0.29) is 11.8 Å². The van der Waals surface area contributed by atoms with E-state index in [4.69, 9.17) is 23.2 Å². The van der Waals surface area contributed by atoms with Crippen molar-refractivity contribution in [3.63, 3.8) is 0 Å². The molecule has 0 spiro atoms. The highest BCUT2D eigenvalue weighted by Crippen LogP contribution is 2.53. The number of likely N-dealkylation sites (N-methyl/N-ethyl adjacent to an activating group) is 1. The van der Waals surface area contributed by atoms with Crippen LogP contribution in [0.15, 0.2) is 24.8 Å². The van der Waals surface area contributed by atoms with E-state index >= 15 is 0 Å². The Morgan fingerprint density at radius 3 is 2.74 bits per heavy atom. The minimum absolute atomic E-state index is 0.199. The molecule has 3 heterocycles. The zero-order valence-corrected chi connectivity index (χ0v) is 17.0. The molecule has 0 saturated carbocycles. The normalized spacial score (nSPS) is 21.2. The number of rotatable bonds is 3. The maximum atomic E-state index is 12.5. The topological polar surface area (TPSA) is 49.3 Å². The first-order valence-electron chi connectivity index (χ1n) is 9.30. The number of carbonyl (C=O) groups excluding carboxylic acids is 1. The summed E-state index contributed by atoms with van der Waals surface area (Å²) < 4.78 is 0. The van der Waals surface area contributed by atoms with Gasteiger partial charge in [0, 0.05) is 56.5 Å². The van der Waals surface area contributed by atoms with Crippen molar-refractivity contribution in [1.82, 2.24) is 14.9 Å². The Morgan fingerprint density at radius 1 is 1.30 bits per heavy atom. The number of halogens is 2. The van der Waals surface area contributed by atoms with Crippen molar-refractivity contribution in [2.75, 3.05) is 25.0 Å². The number of piperidine rings is 1. The zero-order chi connectivity index (χ0) is 19.1. The number of aromatic nitrogens is 2. The summed E-state index contributed by atoms with van der Waals surface area (Å²) in [5.41, 5.74) is 4.05. The molecule has 7 heteroatoms. The average molecular weight is 405 g/mol. The molecule has 0 radical (unpaired) electrons. The lowest BCUT2D eigenvalue weighted by atomic mass is 9.85. The number of carbonyl (C=O) groups is 1. The monoisotopic (exact) mass is 404 g/mol. The van der Waals surface area contributed by atoms with Crippen molar-refractivity contribution >= 4 is 34.8 Å². The second-order valence-corrected chi connectivity index (χ2v) is 8.06. The molecule has 5 nitrogen and oxygen atoms in total. The maximum absolute atomic E-state index is 12.5. The van der Waals surface area contributed by atoms with Gasteiger partial charge in [-0.25, -0.2) is 9.97 Å². The number of benzene rings is 1. The summed E-state index contributed by atoms with van der Waals surface area (Å²) in [6.07, 6.45) is 7.49. The van der Waals surface area contributed by atoms with Crippen LogP contribution in [0.2, 0.25) is 10.0 Å². The van der Waals surface area contributed by atoms with Gasteiger partial charge in [0.05, 0.1) is 15.7 Å². The van der Waals surface area contributed by atoms with Gasteiger partial charge < -0.3 is 9.80 Å². The van der Waals surface area contributed by atoms with Crippen LogP contribution in [0.25, 0.3) is 11.1 Å². The van der Waals surface area contributed by atoms with Crippen LogP contribution in [0, 0.1) is 0 Å². The number of fused-ring (bicyclic) bond motifs is 3. The standard InChI is InChI=1S/C20H22Cl2N4O/c1-3-4-17(27)26-6-5-16-14(10-26)18-13(12-8-23-11-24-9-12)7-15(21)19(22)20(18)25(16)2/h7-9,11,14,16H,3-6,10H2,1-2H3. The Bertz CT molecular complexity index is 874. The van der Waals surface area contributed by atoms with E-state index in [0.29, 0.717) is 29.1 Å². The largest absolute Gasteiger partial charge is 0.369 e. The Balaban J connectivity index is 1.82. The van der Waals surface area contributed by atoms with E-state index < -0.39 is 0 Å². The molecule has 0 aliphatic carbocycles. The minimum atomic E-state index is 0.199. The molecule has 0 bridgehead atoms. The lowest BCUT2D eigenvalue weighted by molar-refractivity contribution is -0.132. The van der Waals surface area contributed by atoms with E-state index in [1.807, 2.05) is 17.9 Å². The second-order valence-electron chi connectivity index (χ2n) is 7.27. The Labute approximate surface area is 169 Å². The molecule has 2 aliphatic rings. The van der Waals surface area contributed by atoms with Gasteiger partial charge in [0.25, 0.3) is 0 Å². The molecule has 27 heavy (non-hydrogen) atoms. The minimum Gasteiger partial charge on any atom is -0.369 e. The summed E-state index contributed by atoms with van der Waals surface area (Å²) in [4.78, 5) is 25.1. The fraction of sp³-hybridized carbons (Fsp3) is 0.450. The van der Waals surface area contributed by atoms with Crippen LogP contribution in [-0.2, 0) is 4.79 Å². The molecule has 2 aliphatic heterocycles. The molecule has 142 valence electrons. The van der Waals surface area contributed by atoms with Crippen molar-refractivity contribution in [2.24, 2.45) is 0 Å². The summed E-state index contributed by atoms with van der Waals surface area (Å²) in [7, 11) is 2.07. The van der Waals surface area contributed by atoms with Gasteiger partial charge in [-0.2, -0.15) is 0 Å². The van der Waals surface area contributed by atoms with Gasteiger partial charge in [-0.1, -0.05) is 30.1 Å². The van der Waals surface area contributed by atoms with Crippen LogP contribution in [0.1, 0.15) is 37.7 Å². The van der Waals surface area contributed by atoms with Crippen molar-refractivity contribution in [3.8, 4) is 11.1 Å². The van der Waals surface area contributed by atoms with Crippen LogP contribution >= 0.6 is 23.2 Å². The van der Waals surface area contributed by atoms with E-state index in [0.717, 1.165) is 41.8 Å². The van der Waals surface area contributed by atoms with E-state index in [1.54, 1.807) is 12.4 Å². The molecular formula is C20H22Cl2N4O. The van der Waals surface area contributed by atoms with Crippen LogP contribution in [0.4, 0.5) is 5.69 Å². The predicted octanol–water partition coefficient (Wildman–Crippen LogP) is 4.38. The molecule has 1 saturated heterocycles. The molecule has 2 aromatic rings. The Hall–Kier alpha value is -1.85. The van der Waals surface area contributed by atoms with Crippen molar-refractivity contribution in [3.05, 3.63) is 40.4 Å². The SMILES string of the molecule is CCCC(=O)N1CCC2C(C1)c1c(-c3cncnc3)cc(Cl)c(Cl)c1N2C. The Kier molecular flexibility index (Phi) is 4.99. The van der Waals surface area contributed by atoms with Gasteiger partial charge in [0.1, 0.15) is 6.33 Å². The maximum Gasteiger partial charge on any atom is 0.222 e. The molecule has 1 fully saturated rings. The van der Waals surface area contributed by atoms with Crippen molar-refractivity contribution in [2.45, 2.75) is 38.1 Å². The highest BCUT2D eigenvalue weighted by atomic mass is 35.5. The summed E-state index contributed by atoms with van der Waals surface area (Å²) >= 11 is 13.1. The highest BCUT2D eigenvalue weighted by molar-refractivity contribution is 6.44. The highest BCUT2D eigenvalue weighted by Gasteiger charge is 2.44. The Morgan fingerprint density at radius 2 is 2.04 bits per heavy atom. The van der Waals surface area contributed by atoms with Gasteiger partial charge in [-0.3, -0.25) is 4.79 Å². The average Bonchev–Trinajstić information content (AvgIpc) is 2.98. The van der Waals surface area contributed by atoms with Crippen molar-refractivity contribution < 1.29 is 4.79 Å². The predicted molar refractivity (Wildman–Crippen MR) is 109 cm³/mol. The first kappa shape index (κ1) is 18.5. The van der Waals surface area contributed by atoms with Gasteiger partial charge in [0.15, 0.2) is 0 Å². The second kappa shape index (κ2) is 7.28. The van der Waals surface area contributed by atoms with Crippen LogP contribution in [0.5, 0.6) is 0 Å². The van der Waals surface area contributed by atoms with Crippen molar-refractivity contribution in [1.29, 1.82) is 0 Å². The molecule has 1 aromatic carbocycles. The molecule has 2 unspecified atom stereocenters. The van der Waals surface area contributed by atoms with E-state index in [9.17, 15) is 4.79 Å².